The number of rotatable bonds is 3. The molecule has 3 unspecified atom stereocenters. The molecule has 2 heteroatoms. The molecule has 1 saturated carbocycles. The summed E-state index contributed by atoms with van der Waals surface area (Å²) in [4.78, 5) is 0. The van der Waals surface area contributed by atoms with E-state index in [9.17, 15) is 5.26 Å². The van der Waals surface area contributed by atoms with Crippen molar-refractivity contribution in [2.45, 2.75) is 71.9 Å². The predicted octanol–water partition coefficient (Wildman–Crippen LogP) is 3.48. The summed E-state index contributed by atoms with van der Waals surface area (Å²) >= 11 is 0. The van der Waals surface area contributed by atoms with E-state index in [1.54, 1.807) is 0 Å². The average Bonchev–Trinajstić information content (AvgIpc) is 2.14. The van der Waals surface area contributed by atoms with Crippen LogP contribution in [0, 0.1) is 22.7 Å². The topological polar surface area (TPSA) is 35.8 Å². The molecule has 92 valence electrons. The Morgan fingerprint density at radius 3 is 2.50 bits per heavy atom. The van der Waals surface area contributed by atoms with Gasteiger partial charge in [-0.1, -0.05) is 27.7 Å². The van der Waals surface area contributed by atoms with Crippen LogP contribution in [0.1, 0.15) is 60.3 Å². The minimum atomic E-state index is -0.295. The molecule has 1 fully saturated rings. The van der Waals surface area contributed by atoms with Crippen molar-refractivity contribution in [3.05, 3.63) is 0 Å². The SMILES string of the molecule is CCC(C)NC1(C#N)CC(C)CC(C)(C)C1. The van der Waals surface area contributed by atoms with Crippen LogP contribution in [0.25, 0.3) is 0 Å². The van der Waals surface area contributed by atoms with Gasteiger partial charge < -0.3 is 0 Å². The van der Waals surface area contributed by atoms with Gasteiger partial charge in [-0.2, -0.15) is 5.26 Å². The van der Waals surface area contributed by atoms with Crippen molar-refractivity contribution in [3.8, 4) is 6.07 Å². The summed E-state index contributed by atoms with van der Waals surface area (Å²) in [5.74, 6) is 0.639. The maximum atomic E-state index is 9.52. The Morgan fingerprint density at radius 2 is 2.06 bits per heavy atom. The highest BCUT2D eigenvalue weighted by atomic mass is 15.0. The van der Waals surface area contributed by atoms with Gasteiger partial charge in [-0.25, -0.2) is 0 Å². The first-order valence-electron chi connectivity index (χ1n) is 6.51. The number of hydrogen-bond donors (Lipinski definition) is 1. The standard InChI is InChI=1S/C14H26N2/c1-6-12(3)16-14(10-15)8-11(2)7-13(4,5)9-14/h11-12,16H,6-9H2,1-5H3. The molecule has 0 spiro atoms. The quantitative estimate of drug-likeness (QED) is 0.793. The number of nitriles is 1. The fourth-order valence-electron chi connectivity index (χ4n) is 3.37. The highest BCUT2D eigenvalue weighted by Gasteiger charge is 2.43. The summed E-state index contributed by atoms with van der Waals surface area (Å²) in [6, 6.07) is 2.99. The van der Waals surface area contributed by atoms with Crippen molar-refractivity contribution in [1.29, 1.82) is 5.26 Å². The van der Waals surface area contributed by atoms with Gasteiger partial charge in [0, 0.05) is 6.04 Å². The van der Waals surface area contributed by atoms with Crippen LogP contribution < -0.4 is 5.32 Å². The zero-order valence-electron chi connectivity index (χ0n) is 11.4. The Balaban J connectivity index is 2.83. The Bertz CT molecular complexity index is 277. The van der Waals surface area contributed by atoms with Crippen molar-refractivity contribution < 1.29 is 0 Å². The molecule has 0 aromatic heterocycles. The van der Waals surface area contributed by atoms with Crippen molar-refractivity contribution in [2.24, 2.45) is 11.3 Å². The maximum absolute atomic E-state index is 9.52. The number of hydrogen-bond acceptors (Lipinski definition) is 2. The van der Waals surface area contributed by atoms with Crippen molar-refractivity contribution in [1.82, 2.24) is 5.32 Å². The fraction of sp³-hybridized carbons (Fsp3) is 0.929. The first-order chi connectivity index (χ1) is 7.32. The van der Waals surface area contributed by atoms with E-state index in [1.165, 1.54) is 6.42 Å². The third-order valence-corrected chi connectivity index (χ3v) is 3.73. The Hall–Kier alpha value is -0.550. The summed E-state index contributed by atoms with van der Waals surface area (Å²) in [6.07, 6.45) is 4.29. The predicted molar refractivity (Wildman–Crippen MR) is 68.0 cm³/mol. The van der Waals surface area contributed by atoms with Crippen molar-refractivity contribution in [3.63, 3.8) is 0 Å². The molecule has 0 amide bonds. The smallest absolute Gasteiger partial charge is 0.107 e. The summed E-state index contributed by atoms with van der Waals surface area (Å²) < 4.78 is 0. The van der Waals surface area contributed by atoms with Crippen LogP contribution in [0.2, 0.25) is 0 Å². The number of nitrogens with one attached hydrogen (secondary N) is 1. The lowest BCUT2D eigenvalue weighted by molar-refractivity contribution is 0.107. The minimum absolute atomic E-state index is 0.286. The van der Waals surface area contributed by atoms with Gasteiger partial charge in [-0.05, 0) is 43.9 Å². The van der Waals surface area contributed by atoms with Gasteiger partial charge in [0.2, 0.25) is 0 Å². The molecular weight excluding hydrogens is 196 g/mol. The summed E-state index contributed by atoms with van der Waals surface area (Å²) in [5, 5.41) is 13.1. The van der Waals surface area contributed by atoms with Crippen LogP contribution in [0.15, 0.2) is 0 Å². The fourth-order valence-corrected chi connectivity index (χ4v) is 3.37. The van der Waals surface area contributed by atoms with E-state index in [2.05, 4.69) is 46.0 Å². The maximum Gasteiger partial charge on any atom is 0.107 e. The molecule has 2 nitrogen and oxygen atoms in total. The molecule has 0 heterocycles. The zero-order chi connectivity index (χ0) is 12.4. The monoisotopic (exact) mass is 222 g/mol. The Morgan fingerprint density at radius 1 is 1.44 bits per heavy atom. The van der Waals surface area contributed by atoms with E-state index < -0.39 is 0 Å². The minimum Gasteiger partial charge on any atom is -0.297 e. The van der Waals surface area contributed by atoms with Crippen LogP contribution in [0.4, 0.5) is 0 Å². The summed E-state index contributed by atoms with van der Waals surface area (Å²) in [7, 11) is 0. The van der Waals surface area contributed by atoms with Crippen LogP contribution in [0.5, 0.6) is 0 Å². The van der Waals surface area contributed by atoms with E-state index in [4.69, 9.17) is 0 Å². The third-order valence-electron chi connectivity index (χ3n) is 3.73. The van der Waals surface area contributed by atoms with Gasteiger partial charge in [0.15, 0.2) is 0 Å². The van der Waals surface area contributed by atoms with Crippen LogP contribution in [-0.4, -0.2) is 11.6 Å². The first-order valence-corrected chi connectivity index (χ1v) is 6.51. The van der Waals surface area contributed by atoms with Gasteiger partial charge in [0.05, 0.1) is 6.07 Å². The van der Waals surface area contributed by atoms with Gasteiger partial charge in [-0.3, -0.25) is 5.32 Å². The molecule has 0 aromatic rings. The molecule has 0 aromatic carbocycles. The van der Waals surface area contributed by atoms with Gasteiger partial charge in [0.1, 0.15) is 5.54 Å². The lowest BCUT2D eigenvalue weighted by Crippen LogP contribution is -2.54. The summed E-state index contributed by atoms with van der Waals surface area (Å²) in [5.41, 5.74) is -0.00947. The largest absolute Gasteiger partial charge is 0.297 e. The molecule has 0 saturated heterocycles. The molecule has 3 atom stereocenters. The van der Waals surface area contributed by atoms with Crippen molar-refractivity contribution >= 4 is 0 Å². The molecule has 16 heavy (non-hydrogen) atoms. The van der Waals surface area contributed by atoms with Crippen LogP contribution in [0.3, 0.4) is 0 Å². The molecule has 1 N–H and O–H groups in total. The normalized spacial score (nSPS) is 35.4. The molecule has 1 aliphatic rings. The van der Waals surface area contributed by atoms with Gasteiger partial charge in [-0.15, -0.1) is 0 Å². The highest BCUT2D eigenvalue weighted by Crippen LogP contribution is 2.43. The molecule has 1 rings (SSSR count). The molecule has 1 aliphatic carbocycles. The van der Waals surface area contributed by atoms with E-state index in [-0.39, 0.29) is 11.0 Å². The second-order valence-electron chi connectivity index (χ2n) is 6.50. The second kappa shape index (κ2) is 4.75. The van der Waals surface area contributed by atoms with E-state index in [1.807, 2.05) is 0 Å². The van der Waals surface area contributed by atoms with Gasteiger partial charge >= 0.3 is 0 Å². The van der Waals surface area contributed by atoms with Gasteiger partial charge in [0.25, 0.3) is 0 Å². The second-order valence-corrected chi connectivity index (χ2v) is 6.50. The Labute approximate surface area is 100 Å². The van der Waals surface area contributed by atoms with Crippen LogP contribution >= 0.6 is 0 Å². The molecule has 0 aliphatic heterocycles. The molecule has 0 bridgehead atoms. The van der Waals surface area contributed by atoms with E-state index in [0.29, 0.717) is 12.0 Å². The Kier molecular flexibility index (Phi) is 4.02. The highest BCUT2D eigenvalue weighted by molar-refractivity contribution is 5.13. The lowest BCUT2D eigenvalue weighted by atomic mass is 9.64. The molecule has 0 radical (unpaired) electrons. The van der Waals surface area contributed by atoms with Crippen molar-refractivity contribution in [2.75, 3.05) is 0 Å². The number of nitrogens with zero attached hydrogens (tertiary/aromatic N) is 1. The zero-order valence-corrected chi connectivity index (χ0v) is 11.4. The first kappa shape index (κ1) is 13.5. The summed E-state index contributed by atoms with van der Waals surface area (Å²) in [6.45, 7) is 11.2. The third kappa shape index (κ3) is 3.22. The molecular formula is C14H26N2. The van der Waals surface area contributed by atoms with E-state index >= 15 is 0 Å². The average molecular weight is 222 g/mol. The van der Waals surface area contributed by atoms with E-state index in [0.717, 1.165) is 19.3 Å². The lowest BCUT2D eigenvalue weighted by Gasteiger charge is -2.45. The van der Waals surface area contributed by atoms with Crippen LogP contribution in [-0.2, 0) is 0 Å².